The van der Waals surface area contributed by atoms with Gasteiger partial charge in [-0.15, -0.1) is 0 Å². The standard InChI is InChI=1S/C14H17N3O2/c15-12-8-13(16-9-12)14(19)17(6-7-18)10-11-4-2-1-3-5-11/h1-5,8-9,16,18H,6-7,10,15H2. The highest BCUT2D eigenvalue weighted by Gasteiger charge is 2.17. The summed E-state index contributed by atoms with van der Waals surface area (Å²) in [5.41, 5.74) is 7.56. The number of nitrogens with two attached hydrogens (primary N) is 1. The van der Waals surface area contributed by atoms with Gasteiger partial charge in [0.1, 0.15) is 5.69 Å². The van der Waals surface area contributed by atoms with Crippen molar-refractivity contribution in [3.05, 3.63) is 53.9 Å². The number of hydrogen-bond donors (Lipinski definition) is 3. The van der Waals surface area contributed by atoms with Crippen LogP contribution in [-0.4, -0.2) is 34.0 Å². The summed E-state index contributed by atoms with van der Waals surface area (Å²) in [6.07, 6.45) is 1.58. The van der Waals surface area contributed by atoms with Gasteiger partial charge in [0.15, 0.2) is 0 Å². The van der Waals surface area contributed by atoms with Crippen molar-refractivity contribution < 1.29 is 9.90 Å². The van der Waals surface area contributed by atoms with Crippen LogP contribution in [0.4, 0.5) is 5.69 Å². The number of nitrogens with one attached hydrogen (secondary N) is 1. The van der Waals surface area contributed by atoms with E-state index in [0.717, 1.165) is 5.56 Å². The van der Waals surface area contributed by atoms with Gasteiger partial charge in [0.05, 0.1) is 6.61 Å². The monoisotopic (exact) mass is 259 g/mol. The van der Waals surface area contributed by atoms with Gasteiger partial charge in [0.2, 0.25) is 0 Å². The van der Waals surface area contributed by atoms with Crippen LogP contribution in [0.3, 0.4) is 0 Å². The molecule has 0 atom stereocenters. The van der Waals surface area contributed by atoms with Crippen molar-refractivity contribution in [3.8, 4) is 0 Å². The third kappa shape index (κ3) is 3.35. The highest BCUT2D eigenvalue weighted by atomic mass is 16.3. The second-order valence-electron chi connectivity index (χ2n) is 4.28. The van der Waals surface area contributed by atoms with Crippen molar-refractivity contribution in [2.75, 3.05) is 18.9 Å². The number of rotatable bonds is 5. The minimum absolute atomic E-state index is 0.0746. The summed E-state index contributed by atoms with van der Waals surface area (Å²) in [7, 11) is 0. The Balaban J connectivity index is 2.13. The lowest BCUT2D eigenvalue weighted by atomic mass is 10.2. The van der Waals surface area contributed by atoms with E-state index in [0.29, 0.717) is 17.9 Å². The first-order chi connectivity index (χ1) is 9.20. The van der Waals surface area contributed by atoms with Gasteiger partial charge in [0, 0.05) is 25.0 Å². The minimum atomic E-state index is -0.172. The Morgan fingerprint density at radius 1 is 1.32 bits per heavy atom. The van der Waals surface area contributed by atoms with Crippen LogP contribution in [0.25, 0.3) is 0 Å². The molecule has 0 fully saturated rings. The molecular formula is C14H17N3O2. The molecule has 4 N–H and O–H groups in total. The summed E-state index contributed by atoms with van der Waals surface area (Å²) in [5.74, 6) is -0.172. The number of hydrogen-bond acceptors (Lipinski definition) is 3. The Bertz CT molecular complexity index is 537. The molecule has 2 aromatic rings. The van der Waals surface area contributed by atoms with Gasteiger partial charge in [-0.25, -0.2) is 0 Å². The van der Waals surface area contributed by atoms with E-state index < -0.39 is 0 Å². The average Bonchev–Trinajstić information content (AvgIpc) is 2.85. The largest absolute Gasteiger partial charge is 0.397 e. The van der Waals surface area contributed by atoms with Gasteiger partial charge in [-0.2, -0.15) is 0 Å². The third-order valence-electron chi connectivity index (χ3n) is 2.81. The molecule has 0 unspecified atom stereocenters. The van der Waals surface area contributed by atoms with Gasteiger partial charge in [-0.05, 0) is 11.6 Å². The van der Waals surface area contributed by atoms with E-state index in [1.165, 1.54) is 0 Å². The number of nitrogens with zero attached hydrogens (tertiary/aromatic N) is 1. The van der Waals surface area contributed by atoms with Gasteiger partial charge in [0.25, 0.3) is 5.91 Å². The summed E-state index contributed by atoms with van der Waals surface area (Å²) < 4.78 is 0. The van der Waals surface area contributed by atoms with E-state index in [2.05, 4.69) is 4.98 Å². The van der Waals surface area contributed by atoms with Crippen molar-refractivity contribution >= 4 is 11.6 Å². The topological polar surface area (TPSA) is 82.4 Å². The molecule has 0 spiro atoms. The fourth-order valence-corrected chi connectivity index (χ4v) is 1.88. The molecule has 0 aliphatic heterocycles. The highest BCUT2D eigenvalue weighted by Crippen LogP contribution is 2.11. The number of aromatic amines is 1. The predicted molar refractivity (Wildman–Crippen MR) is 73.5 cm³/mol. The number of carbonyl (C=O) groups excluding carboxylic acids is 1. The second kappa shape index (κ2) is 6.06. The number of benzene rings is 1. The van der Waals surface area contributed by atoms with Crippen molar-refractivity contribution in [2.24, 2.45) is 0 Å². The maximum absolute atomic E-state index is 12.3. The van der Waals surface area contributed by atoms with E-state index in [1.807, 2.05) is 30.3 Å². The Morgan fingerprint density at radius 3 is 2.63 bits per heavy atom. The molecule has 1 aromatic heterocycles. The molecular weight excluding hydrogens is 242 g/mol. The Kier molecular flexibility index (Phi) is 4.20. The summed E-state index contributed by atoms with van der Waals surface area (Å²) >= 11 is 0. The van der Waals surface area contributed by atoms with Gasteiger partial charge < -0.3 is 20.7 Å². The summed E-state index contributed by atoms with van der Waals surface area (Å²) in [5, 5.41) is 9.09. The summed E-state index contributed by atoms with van der Waals surface area (Å²) in [6, 6.07) is 11.2. The molecule has 1 heterocycles. The first-order valence-electron chi connectivity index (χ1n) is 6.08. The molecule has 0 bridgehead atoms. The minimum Gasteiger partial charge on any atom is -0.397 e. The number of carbonyl (C=O) groups is 1. The van der Waals surface area contributed by atoms with Gasteiger partial charge in [-0.1, -0.05) is 30.3 Å². The average molecular weight is 259 g/mol. The van der Waals surface area contributed by atoms with Crippen molar-refractivity contribution in [1.29, 1.82) is 0 Å². The van der Waals surface area contributed by atoms with E-state index in [9.17, 15) is 4.79 Å². The number of aliphatic hydroxyl groups excluding tert-OH is 1. The maximum atomic E-state index is 12.3. The maximum Gasteiger partial charge on any atom is 0.270 e. The lowest BCUT2D eigenvalue weighted by molar-refractivity contribution is 0.0702. The zero-order chi connectivity index (χ0) is 13.7. The van der Waals surface area contributed by atoms with E-state index in [1.54, 1.807) is 17.2 Å². The summed E-state index contributed by atoms with van der Waals surface area (Å²) in [6.45, 7) is 0.667. The smallest absolute Gasteiger partial charge is 0.270 e. The first-order valence-corrected chi connectivity index (χ1v) is 6.08. The number of aliphatic hydroxyl groups is 1. The zero-order valence-electron chi connectivity index (χ0n) is 10.5. The molecule has 5 nitrogen and oxygen atoms in total. The van der Waals surface area contributed by atoms with E-state index >= 15 is 0 Å². The predicted octanol–water partition coefficient (Wildman–Crippen LogP) is 1.23. The van der Waals surface area contributed by atoms with Crippen LogP contribution in [0.15, 0.2) is 42.6 Å². The Morgan fingerprint density at radius 2 is 2.05 bits per heavy atom. The van der Waals surface area contributed by atoms with Crippen LogP contribution >= 0.6 is 0 Å². The molecule has 19 heavy (non-hydrogen) atoms. The van der Waals surface area contributed by atoms with Crippen molar-refractivity contribution in [3.63, 3.8) is 0 Å². The molecule has 2 rings (SSSR count). The summed E-state index contributed by atoms with van der Waals surface area (Å²) in [4.78, 5) is 16.7. The van der Waals surface area contributed by atoms with Gasteiger partial charge >= 0.3 is 0 Å². The normalized spacial score (nSPS) is 10.4. The van der Waals surface area contributed by atoms with Crippen LogP contribution in [0.2, 0.25) is 0 Å². The number of amides is 1. The Hall–Kier alpha value is -2.27. The molecule has 0 aliphatic rings. The molecule has 0 radical (unpaired) electrons. The van der Waals surface area contributed by atoms with Crippen LogP contribution in [0.5, 0.6) is 0 Å². The molecule has 1 amide bonds. The molecule has 100 valence electrons. The van der Waals surface area contributed by atoms with Crippen LogP contribution in [0.1, 0.15) is 16.1 Å². The van der Waals surface area contributed by atoms with Crippen molar-refractivity contribution in [2.45, 2.75) is 6.54 Å². The quantitative estimate of drug-likeness (QED) is 0.755. The fourth-order valence-electron chi connectivity index (χ4n) is 1.88. The molecule has 0 saturated heterocycles. The fraction of sp³-hybridized carbons (Fsp3) is 0.214. The number of nitrogen functional groups attached to an aromatic ring is 1. The van der Waals surface area contributed by atoms with Crippen LogP contribution in [-0.2, 0) is 6.54 Å². The molecule has 5 heteroatoms. The highest BCUT2D eigenvalue weighted by molar-refractivity contribution is 5.93. The lowest BCUT2D eigenvalue weighted by Gasteiger charge is -2.21. The zero-order valence-corrected chi connectivity index (χ0v) is 10.5. The number of aromatic nitrogens is 1. The molecule has 1 aromatic carbocycles. The van der Waals surface area contributed by atoms with Crippen LogP contribution < -0.4 is 5.73 Å². The van der Waals surface area contributed by atoms with Crippen molar-refractivity contribution in [1.82, 2.24) is 9.88 Å². The third-order valence-corrected chi connectivity index (χ3v) is 2.81. The second-order valence-corrected chi connectivity index (χ2v) is 4.28. The SMILES string of the molecule is Nc1c[nH]c(C(=O)N(CCO)Cc2ccccc2)c1. The lowest BCUT2D eigenvalue weighted by Crippen LogP contribution is -2.33. The Labute approximate surface area is 111 Å². The molecule has 0 saturated carbocycles. The van der Waals surface area contributed by atoms with Gasteiger partial charge in [-0.3, -0.25) is 4.79 Å². The first kappa shape index (κ1) is 13.2. The van der Waals surface area contributed by atoms with E-state index in [-0.39, 0.29) is 19.1 Å². The number of anilines is 1. The number of H-pyrrole nitrogens is 1. The molecule has 0 aliphatic carbocycles. The van der Waals surface area contributed by atoms with E-state index in [4.69, 9.17) is 10.8 Å². The van der Waals surface area contributed by atoms with Crippen LogP contribution in [0, 0.1) is 0 Å².